The Balaban J connectivity index is 1.42. The Hall–Kier alpha value is -4.04. The summed E-state index contributed by atoms with van der Waals surface area (Å²) in [5.41, 5.74) is 5.28. The van der Waals surface area contributed by atoms with Crippen LogP contribution < -0.4 is 10.2 Å². The Labute approximate surface area is 261 Å². The lowest BCUT2D eigenvalue weighted by atomic mass is 9.73. The van der Waals surface area contributed by atoms with E-state index in [9.17, 15) is 9.59 Å². The minimum absolute atomic E-state index is 0.254. The molecule has 2 amide bonds. The molecule has 0 saturated carbocycles. The first-order chi connectivity index (χ1) is 20.6. The zero-order chi connectivity index (χ0) is 31.9. The molecule has 0 aliphatic carbocycles. The third-order valence-corrected chi connectivity index (χ3v) is 7.96. The molecule has 234 valence electrons. The number of anilines is 4. The van der Waals surface area contributed by atoms with Crippen LogP contribution in [0.25, 0.3) is 0 Å². The average molecular weight is 599 g/mol. The van der Waals surface area contributed by atoms with E-state index in [4.69, 9.17) is 9.47 Å². The van der Waals surface area contributed by atoms with Crippen molar-refractivity contribution in [2.24, 2.45) is 0 Å². The number of piperazine rings is 1. The maximum Gasteiger partial charge on any atom is 0.419 e. The van der Waals surface area contributed by atoms with Gasteiger partial charge in [0.25, 0.3) is 0 Å². The summed E-state index contributed by atoms with van der Waals surface area (Å²) in [7, 11) is 0. The van der Waals surface area contributed by atoms with Gasteiger partial charge in [0.1, 0.15) is 11.2 Å². The van der Waals surface area contributed by atoms with Crippen LogP contribution in [0.4, 0.5) is 32.3 Å². The van der Waals surface area contributed by atoms with Crippen LogP contribution in [0.1, 0.15) is 72.1 Å². The lowest BCUT2D eigenvalue weighted by Gasteiger charge is -2.42. The Morgan fingerprint density at radius 1 is 0.727 bits per heavy atom. The minimum atomic E-state index is -0.647. The Morgan fingerprint density at radius 2 is 1.36 bits per heavy atom. The minimum Gasteiger partial charge on any atom is -0.444 e. The van der Waals surface area contributed by atoms with Gasteiger partial charge in [-0.05, 0) is 88.6 Å². The maximum absolute atomic E-state index is 13.8. The van der Waals surface area contributed by atoms with E-state index in [1.165, 1.54) is 0 Å². The van der Waals surface area contributed by atoms with Crippen molar-refractivity contribution in [3.8, 4) is 0 Å². The number of nitrogens with one attached hydrogen (secondary N) is 1. The van der Waals surface area contributed by atoms with Crippen molar-refractivity contribution in [3.05, 3.63) is 83.4 Å². The van der Waals surface area contributed by atoms with E-state index in [0.29, 0.717) is 13.1 Å². The van der Waals surface area contributed by atoms with Gasteiger partial charge in [0, 0.05) is 49.5 Å². The van der Waals surface area contributed by atoms with Crippen LogP contribution in [0.5, 0.6) is 0 Å². The highest BCUT2D eigenvalue weighted by molar-refractivity contribution is 6.01. The summed E-state index contributed by atoms with van der Waals surface area (Å²) in [5.74, 6) is 0. The summed E-state index contributed by atoms with van der Waals surface area (Å²) < 4.78 is 11.5. The molecule has 1 saturated heterocycles. The standard InChI is InChI=1S/C36H46N4O4/c1-34(2,3)43-32(41)39-20-18-38(19-21-39)24-25-14-17-30-29(22-25)36(7,8)28-16-15-27(37-26-12-10-9-11-13-26)23-31(28)40(30)33(42)44-35(4,5)6/h9-17,22-23,37H,18-21,24H2,1-8H3. The normalized spacial score (nSPS) is 16.5. The van der Waals surface area contributed by atoms with Gasteiger partial charge in [-0.25, -0.2) is 14.5 Å². The van der Waals surface area contributed by atoms with E-state index in [1.54, 1.807) is 9.80 Å². The highest BCUT2D eigenvalue weighted by Gasteiger charge is 2.40. The predicted molar refractivity (Wildman–Crippen MR) is 176 cm³/mol. The largest absolute Gasteiger partial charge is 0.444 e. The highest BCUT2D eigenvalue weighted by Crippen LogP contribution is 2.50. The van der Waals surface area contributed by atoms with Crippen molar-refractivity contribution < 1.29 is 19.1 Å². The lowest BCUT2D eigenvalue weighted by molar-refractivity contribution is 0.0138. The van der Waals surface area contributed by atoms with Crippen LogP contribution in [0, 0.1) is 0 Å². The predicted octanol–water partition coefficient (Wildman–Crippen LogP) is 8.20. The van der Waals surface area contributed by atoms with Crippen LogP contribution >= 0.6 is 0 Å². The molecule has 2 aliphatic heterocycles. The molecule has 1 fully saturated rings. The molecular formula is C36H46N4O4. The SMILES string of the molecule is CC(C)(C)OC(=O)N1CCN(Cc2ccc3c(c2)C(C)(C)c2ccc(Nc4ccccc4)cc2N3C(=O)OC(C)(C)C)CC1. The lowest BCUT2D eigenvalue weighted by Crippen LogP contribution is -2.49. The van der Waals surface area contributed by atoms with Crippen molar-refractivity contribution in [1.82, 2.24) is 9.80 Å². The number of rotatable bonds is 4. The fourth-order valence-electron chi connectivity index (χ4n) is 5.84. The summed E-state index contributed by atoms with van der Waals surface area (Å²) in [4.78, 5) is 32.2. The topological polar surface area (TPSA) is 74.4 Å². The second-order valence-electron chi connectivity index (χ2n) is 14.3. The number of fused-ring (bicyclic) bond motifs is 2. The van der Waals surface area contributed by atoms with Crippen molar-refractivity contribution in [1.29, 1.82) is 0 Å². The molecule has 2 heterocycles. The van der Waals surface area contributed by atoms with E-state index < -0.39 is 17.3 Å². The smallest absolute Gasteiger partial charge is 0.419 e. The molecule has 0 aromatic heterocycles. The molecule has 8 nitrogen and oxygen atoms in total. The molecule has 0 unspecified atom stereocenters. The van der Waals surface area contributed by atoms with Crippen molar-refractivity contribution in [2.45, 2.75) is 78.6 Å². The first-order valence-corrected chi connectivity index (χ1v) is 15.4. The Bertz CT molecular complexity index is 1510. The quantitative estimate of drug-likeness (QED) is 0.326. The van der Waals surface area contributed by atoms with Gasteiger partial charge in [0.2, 0.25) is 0 Å². The van der Waals surface area contributed by atoms with Gasteiger partial charge >= 0.3 is 12.2 Å². The molecule has 1 N–H and O–H groups in total. The second kappa shape index (κ2) is 11.8. The first-order valence-electron chi connectivity index (χ1n) is 15.4. The number of carbonyl (C=O) groups is 2. The van der Waals surface area contributed by atoms with E-state index >= 15 is 0 Å². The molecule has 5 rings (SSSR count). The zero-order valence-corrected chi connectivity index (χ0v) is 27.4. The monoisotopic (exact) mass is 598 g/mol. The van der Waals surface area contributed by atoms with Crippen molar-refractivity contribution >= 4 is 34.9 Å². The van der Waals surface area contributed by atoms with Crippen molar-refractivity contribution in [3.63, 3.8) is 0 Å². The van der Waals surface area contributed by atoms with Gasteiger partial charge < -0.3 is 19.7 Å². The van der Waals surface area contributed by atoms with Crippen LogP contribution in [0.15, 0.2) is 66.7 Å². The Morgan fingerprint density at radius 3 is 2.00 bits per heavy atom. The molecular weight excluding hydrogens is 552 g/mol. The van der Waals surface area contributed by atoms with Gasteiger partial charge in [-0.1, -0.05) is 50.2 Å². The van der Waals surface area contributed by atoms with Crippen LogP contribution in [0.2, 0.25) is 0 Å². The molecule has 0 atom stereocenters. The summed E-state index contributed by atoms with van der Waals surface area (Å²) >= 11 is 0. The number of nitrogens with zero attached hydrogens (tertiary/aromatic N) is 3. The summed E-state index contributed by atoms with van der Waals surface area (Å²) in [6.07, 6.45) is -0.658. The zero-order valence-electron chi connectivity index (χ0n) is 27.4. The summed E-state index contributed by atoms with van der Waals surface area (Å²) in [6.45, 7) is 19.3. The number of amides is 2. The molecule has 0 bridgehead atoms. The Kier molecular flexibility index (Phi) is 8.42. The molecule has 3 aromatic rings. The molecule has 2 aliphatic rings. The summed E-state index contributed by atoms with van der Waals surface area (Å²) in [5, 5.41) is 3.47. The number of hydrogen-bond donors (Lipinski definition) is 1. The molecule has 44 heavy (non-hydrogen) atoms. The van der Waals surface area contributed by atoms with Crippen LogP contribution in [-0.2, 0) is 21.4 Å². The average Bonchev–Trinajstić information content (AvgIpc) is 2.92. The number of ether oxygens (including phenoxy) is 2. The number of benzene rings is 3. The van der Waals surface area contributed by atoms with Gasteiger partial charge in [-0.2, -0.15) is 0 Å². The van der Waals surface area contributed by atoms with E-state index in [-0.39, 0.29) is 11.5 Å². The fraction of sp³-hybridized carbons (Fsp3) is 0.444. The third-order valence-electron chi connectivity index (χ3n) is 7.96. The molecule has 3 aromatic carbocycles. The van der Waals surface area contributed by atoms with Crippen LogP contribution in [-0.4, -0.2) is 59.4 Å². The van der Waals surface area contributed by atoms with E-state index in [0.717, 1.165) is 59.1 Å². The first kappa shape index (κ1) is 31.4. The van der Waals surface area contributed by atoms with E-state index in [2.05, 4.69) is 48.3 Å². The third kappa shape index (κ3) is 7.02. The summed E-state index contributed by atoms with van der Waals surface area (Å²) in [6, 6.07) is 22.6. The number of carbonyl (C=O) groups excluding carboxylic acids is 2. The van der Waals surface area contributed by atoms with E-state index in [1.807, 2.05) is 84.0 Å². The molecule has 0 spiro atoms. The highest BCUT2D eigenvalue weighted by atomic mass is 16.6. The molecule has 8 heteroatoms. The number of para-hydroxylation sites is 1. The van der Waals surface area contributed by atoms with Crippen molar-refractivity contribution in [2.75, 3.05) is 36.4 Å². The van der Waals surface area contributed by atoms with Gasteiger partial charge in [-0.15, -0.1) is 0 Å². The maximum atomic E-state index is 13.8. The van der Waals surface area contributed by atoms with Gasteiger partial charge in [0.05, 0.1) is 11.4 Å². The van der Waals surface area contributed by atoms with Gasteiger partial charge in [0.15, 0.2) is 0 Å². The van der Waals surface area contributed by atoms with Gasteiger partial charge in [-0.3, -0.25) is 4.90 Å². The number of hydrogen-bond acceptors (Lipinski definition) is 6. The fourth-order valence-corrected chi connectivity index (χ4v) is 5.84. The molecule has 0 radical (unpaired) electrons. The second-order valence-corrected chi connectivity index (χ2v) is 14.3. The van der Waals surface area contributed by atoms with Crippen LogP contribution in [0.3, 0.4) is 0 Å².